The molecule has 8 nitrogen and oxygen atoms in total. The molecular weight excluding hydrogens is 380 g/mol. The number of fused-ring (bicyclic) bond motifs is 3. The van der Waals surface area contributed by atoms with Crippen LogP contribution in [0.25, 0.3) is 27.9 Å². The van der Waals surface area contributed by atoms with E-state index in [2.05, 4.69) is 20.3 Å². The van der Waals surface area contributed by atoms with Crippen LogP contribution in [0.5, 0.6) is 5.75 Å². The molecule has 0 bridgehead atoms. The summed E-state index contributed by atoms with van der Waals surface area (Å²) in [6, 6.07) is 17.6. The van der Waals surface area contributed by atoms with Crippen molar-refractivity contribution in [1.82, 2.24) is 29.4 Å². The molecule has 0 aliphatic rings. The normalized spacial score (nSPS) is 11.2. The molecule has 0 fully saturated rings. The highest BCUT2D eigenvalue weighted by Crippen LogP contribution is 2.23. The fourth-order valence-corrected chi connectivity index (χ4v) is 3.43. The lowest BCUT2D eigenvalue weighted by Crippen LogP contribution is -2.23. The van der Waals surface area contributed by atoms with Crippen LogP contribution in [0.1, 0.15) is 5.56 Å². The molecule has 0 radical (unpaired) electrons. The van der Waals surface area contributed by atoms with E-state index in [0.29, 0.717) is 24.3 Å². The molecule has 0 atom stereocenters. The second kappa shape index (κ2) is 7.40. The van der Waals surface area contributed by atoms with Gasteiger partial charge in [-0.2, -0.15) is 9.61 Å². The molecule has 0 spiro atoms. The zero-order valence-corrected chi connectivity index (χ0v) is 16.3. The van der Waals surface area contributed by atoms with Gasteiger partial charge in [0.2, 0.25) is 0 Å². The Kier molecular flexibility index (Phi) is 4.44. The first kappa shape index (κ1) is 18.0. The zero-order valence-electron chi connectivity index (χ0n) is 16.3. The highest BCUT2D eigenvalue weighted by molar-refractivity contribution is 5.80. The standard InChI is InChI=1S/C22H18N6O2/c1-30-17-9-7-15(8-10-17)11-12-27-14-23-21-19(22(27)29)25-26-20-18(13-24-28(20)21)16-5-3-2-4-6-16/h2-10,13-14H,11-12H2,1H3. The Morgan fingerprint density at radius 2 is 1.77 bits per heavy atom. The summed E-state index contributed by atoms with van der Waals surface area (Å²) in [6.45, 7) is 0.488. The van der Waals surface area contributed by atoms with Crippen LogP contribution in [0.15, 0.2) is 71.9 Å². The van der Waals surface area contributed by atoms with Gasteiger partial charge in [0.1, 0.15) is 12.1 Å². The van der Waals surface area contributed by atoms with Crippen molar-refractivity contribution in [3.63, 3.8) is 0 Å². The predicted molar refractivity (Wildman–Crippen MR) is 112 cm³/mol. The number of benzene rings is 2. The van der Waals surface area contributed by atoms with Crippen LogP contribution >= 0.6 is 0 Å². The van der Waals surface area contributed by atoms with E-state index in [9.17, 15) is 4.79 Å². The third kappa shape index (κ3) is 3.08. The summed E-state index contributed by atoms with van der Waals surface area (Å²) in [5.74, 6) is 0.802. The van der Waals surface area contributed by atoms with Crippen LogP contribution in [-0.4, -0.2) is 36.5 Å². The molecule has 148 valence electrons. The first-order valence-corrected chi connectivity index (χ1v) is 9.52. The van der Waals surface area contributed by atoms with Crippen LogP contribution in [0, 0.1) is 0 Å². The summed E-state index contributed by atoms with van der Waals surface area (Å²) in [5, 5.41) is 12.8. The minimum atomic E-state index is -0.236. The second-order valence-corrected chi connectivity index (χ2v) is 6.87. The molecule has 0 amide bonds. The third-order valence-corrected chi connectivity index (χ3v) is 5.07. The Morgan fingerprint density at radius 1 is 0.967 bits per heavy atom. The maximum absolute atomic E-state index is 12.9. The fraction of sp³-hybridized carbons (Fsp3) is 0.136. The van der Waals surface area contributed by atoms with Crippen molar-refractivity contribution in [3.05, 3.63) is 83.0 Å². The van der Waals surface area contributed by atoms with E-state index in [1.807, 2.05) is 54.6 Å². The molecule has 2 aromatic carbocycles. The molecule has 3 heterocycles. The van der Waals surface area contributed by atoms with E-state index in [4.69, 9.17) is 4.74 Å². The molecule has 0 saturated carbocycles. The van der Waals surface area contributed by atoms with Crippen molar-refractivity contribution in [2.75, 3.05) is 7.11 Å². The van der Waals surface area contributed by atoms with E-state index < -0.39 is 0 Å². The van der Waals surface area contributed by atoms with Crippen molar-refractivity contribution in [2.45, 2.75) is 13.0 Å². The second-order valence-electron chi connectivity index (χ2n) is 6.87. The molecule has 8 heteroatoms. The average molecular weight is 398 g/mol. The molecule has 30 heavy (non-hydrogen) atoms. The molecule has 0 aliphatic carbocycles. The van der Waals surface area contributed by atoms with Gasteiger partial charge in [-0.1, -0.05) is 42.5 Å². The van der Waals surface area contributed by atoms with Gasteiger partial charge in [-0.3, -0.25) is 9.36 Å². The summed E-state index contributed by atoms with van der Waals surface area (Å²) < 4.78 is 8.30. The van der Waals surface area contributed by atoms with Crippen LogP contribution in [0.3, 0.4) is 0 Å². The maximum atomic E-state index is 12.9. The largest absolute Gasteiger partial charge is 0.497 e. The number of ether oxygens (including phenoxy) is 1. The van der Waals surface area contributed by atoms with Gasteiger partial charge >= 0.3 is 0 Å². The minimum absolute atomic E-state index is 0.197. The molecule has 5 rings (SSSR count). The quantitative estimate of drug-likeness (QED) is 0.452. The first-order chi connectivity index (χ1) is 14.7. The summed E-state index contributed by atoms with van der Waals surface area (Å²) in [6.07, 6.45) is 3.95. The summed E-state index contributed by atoms with van der Waals surface area (Å²) in [4.78, 5) is 17.4. The maximum Gasteiger partial charge on any atom is 0.283 e. The molecule has 5 aromatic rings. The molecule has 3 aromatic heterocycles. The summed E-state index contributed by atoms with van der Waals surface area (Å²) in [7, 11) is 1.63. The molecule has 0 aliphatic heterocycles. The van der Waals surface area contributed by atoms with Crippen molar-refractivity contribution < 1.29 is 4.74 Å². The minimum Gasteiger partial charge on any atom is -0.497 e. The Morgan fingerprint density at radius 3 is 2.53 bits per heavy atom. The lowest BCUT2D eigenvalue weighted by atomic mass is 10.1. The average Bonchev–Trinajstić information content (AvgIpc) is 3.24. The van der Waals surface area contributed by atoms with Gasteiger partial charge in [0.15, 0.2) is 16.8 Å². The van der Waals surface area contributed by atoms with Gasteiger partial charge < -0.3 is 4.74 Å². The van der Waals surface area contributed by atoms with E-state index in [0.717, 1.165) is 22.4 Å². The number of rotatable bonds is 5. The molecule has 0 saturated heterocycles. The molecule has 0 N–H and O–H groups in total. The van der Waals surface area contributed by atoms with Gasteiger partial charge in [-0.15, -0.1) is 10.2 Å². The van der Waals surface area contributed by atoms with E-state index in [1.165, 1.54) is 0 Å². The Hall–Kier alpha value is -4.07. The van der Waals surface area contributed by atoms with E-state index in [-0.39, 0.29) is 11.1 Å². The van der Waals surface area contributed by atoms with Crippen molar-refractivity contribution in [3.8, 4) is 16.9 Å². The van der Waals surface area contributed by atoms with Gasteiger partial charge in [0, 0.05) is 12.1 Å². The highest BCUT2D eigenvalue weighted by Gasteiger charge is 2.15. The Bertz CT molecular complexity index is 1390. The van der Waals surface area contributed by atoms with Gasteiger partial charge in [-0.25, -0.2) is 4.98 Å². The number of hydrogen-bond acceptors (Lipinski definition) is 6. The lowest BCUT2D eigenvalue weighted by molar-refractivity contribution is 0.414. The number of aryl methyl sites for hydroxylation is 2. The van der Waals surface area contributed by atoms with Crippen LogP contribution in [0.2, 0.25) is 0 Å². The van der Waals surface area contributed by atoms with Gasteiger partial charge in [0.25, 0.3) is 5.56 Å². The van der Waals surface area contributed by atoms with Gasteiger partial charge in [-0.05, 0) is 29.7 Å². The van der Waals surface area contributed by atoms with Crippen molar-refractivity contribution >= 4 is 16.8 Å². The van der Waals surface area contributed by atoms with Crippen LogP contribution in [0.4, 0.5) is 0 Å². The number of hydrogen-bond donors (Lipinski definition) is 0. The number of methoxy groups -OCH3 is 1. The number of aromatic nitrogens is 6. The van der Waals surface area contributed by atoms with Crippen molar-refractivity contribution in [2.24, 2.45) is 0 Å². The SMILES string of the molecule is COc1ccc(CCn2cnc3c(nnc4c(-c5ccccc5)cnn43)c2=O)cc1. The number of nitrogens with zero attached hydrogens (tertiary/aromatic N) is 6. The topological polar surface area (TPSA) is 87.2 Å². The predicted octanol–water partition coefficient (Wildman–Crippen LogP) is 2.75. The van der Waals surface area contributed by atoms with Crippen LogP contribution < -0.4 is 10.3 Å². The third-order valence-electron chi connectivity index (χ3n) is 5.07. The zero-order chi connectivity index (χ0) is 20.5. The van der Waals surface area contributed by atoms with E-state index >= 15 is 0 Å². The summed E-state index contributed by atoms with van der Waals surface area (Å²) >= 11 is 0. The molecule has 0 unspecified atom stereocenters. The van der Waals surface area contributed by atoms with E-state index in [1.54, 1.807) is 28.7 Å². The monoisotopic (exact) mass is 398 g/mol. The first-order valence-electron chi connectivity index (χ1n) is 9.52. The highest BCUT2D eigenvalue weighted by atomic mass is 16.5. The lowest BCUT2D eigenvalue weighted by Gasteiger charge is -2.07. The Balaban J connectivity index is 1.49. The summed E-state index contributed by atoms with van der Waals surface area (Å²) in [5.41, 5.74) is 3.85. The molecular formula is C22H18N6O2. The van der Waals surface area contributed by atoms with Crippen LogP contribution in [-0.2, 0) is 13.0 Å². The smallest absolute Gasteiger partial charge is 0.283 e. The Labute approximate surface area is 171 Å². The van der Waals surface area contributed by atoms with Crippen molar-refractivity contribution in [1.29, 1.82) is 0 Å². The van der Waals surface area contributed by atoms with Gasteiger partial charge in [0.05, 0.1) is 13.3 Å². The fourth-order valence-electron chi connectivity index (χ4n) is 3.43.